The van der Waals surface area contributed by atoms with Gasteiger partial charge in [0.25, 0.3) is 0 Å². The van der Waals surface area contributed by atoms with E-state index in [4.69, 9.17) is 4.74 Å². The average molecular weight is 241 g/mol. The van der Waals surface area contributed by atoms with Crippen molar-refractivity contribution in [2.45, 2.75) is 33.2 Å². The zero-order valence-electron chi connectivity index (χ0n) is 10.1. The summed E-state index contributed by atoms with van der Waals surface area (Å²) in [4.78, 5) is 13.8. The molecule has 0 aliphatic rings. The van der Waals surface area contributed by atoms with E-state index >= 15 is 0 Å². The number of aryl methyl sites for hydroxylation is 1. The van der Waals surface area contributed by atoms with Gasteiger partial charge in [0.15, 0.2) is 0 Å². The van der Waals surface area contributed by atoms with Crippen LogP contribution in [0, 0.1) is 6.92 Å². The number of nitrogens with one attached hydrogen (secondary N) is 1. The van der Waals surface area contributed by atoms with Gasteiger partial charge in [-0.1, -0.05) is 0 Å². The molecule has 1 aromatic rings. The Morgan fingerprint density at radius 2 is 2.31 bits per heavy atom. The molecule has 4 heteroatoms. The lowest BCUT2D eigenvalue weighted by Gasteiger charge is -2.11. The lowest BCUT2D eigenvalue weighted by molar-refractivity contribution is -0.142. The molecule has 0 fully saturated rings. The van der Waals surface area contributed by atoms with E-state index in [1.807, 2.05) is 6.92 Å². The zero-order chi connectivity index (χ0) is 12.0. The van der Waals surface area contributed by atoms with Crippen LogP contribution in [0.2, 0.25) is 0 Å². The molecular weight excluding hydrogens is 222 g/mol. The summed E-state index contributed by atoms with van der Waals surface area (Å²) in [5, 5.41) is 3.16. The number of esters is 1. The van der Waals surface area contributed by atoms with Gasteiger partial charge in [-0.25, -0.2) is 0 Å². The molecule has 0 bridgehead atoms. The smallest absolute Gasteiger partial charge is 0.319 e. The lowest BCUT2D eigenvalue weighted by Crippen LogP contribution is -2.33. The number of thiophene rings is 1. The van der Waals surface area contributed by atoms with Gasteiger partial charge in [0.05, 0.1) is 13.2 Å². The molecule has 1 rings (SSSR count). The summed E-state index contributed by atoms with van der Waals surface area (Å²) < 4.78 is 4.85. The molecule has 90 valence electrons. The van der Waals surface area contributed by atoms with Crippen molar-refractivity contribution in [3.63, 3.8) is 0 Å². The predicted octanol–water partition coefficient (Wildman–Crippen LogP) is 2.14. The number of ether oxygens (including phenoxy) is 1. The fourth-order valence-corrected chi connectivity index (χ4v) is 2.46. The number of carbonyl (C=O) groups excluding carboxylic acids is 1. The molecule has 0 amide bonds. The first kappa shape index (κ1) is 13.2. The highest BCUT2D eigenvalue weighted by molar-refractivity contribution is 7.11. The standard InChI is InChI=1S/C12H19NO2S/c1-4-15-12(14)8-13-9(2)7-11-6-5-10(3)16-11/h5-6,9,13H,4,7-8H2,1-3H3. The Labute approximate surface area is 101 Å². The second-order valence-corrected chi connectivity index (χ2v) is 5.18. The Balaban J connectivity index is 2.25. The van der Waals surface area contributed by atoms with Crippen LogP contribution in [0.1, 0.15) is 23.6 Å². The van der Waals surface area contributed by atoms with Gasteiger partial charge in [0, 0.05) is 15.8 Å². The van der Waals surface area contributed by atoms with Crippen LogP contribution in [0.15, 0.2) is 12.1 Å². The Morgan fingerprint density at radius 1 is 1.56 bits per heavy atom. The summed E-state index contributed by atoms with van der Waals surface area (Å²) in [7, 11) is 0. The van der Waals surface area contributed by atoms with Crippen molar-refractivity contribution in [3.8, 4) is 0 Å². The molecule has 1 heterocycles. The van der Waals surface area contributed by atoms with Gasteiger partial charge in [0.2, 0.25) is 0 Å². The van der Waals surface area contributed by atoms with E-state index < -0.39 is 0 Å². The second-order valence-electron chi connectivity index (χ2n) is 3.80. The minimum atomic E-state index is -0.184. The van der Waals surface area contributed by atoms with Crippen LogP contribution in [-0.2, 0) is 16.0 Å². The molecule has 0 radical (unpaired) electrons. The Morgan fingerprint density at radius 3 is 2.88 bits per heavy atom. The van der Waals surface area contributed by atoms with Crippen LogP contribution in [0.5, 0.6) is 0 Å². The number of hydrogen-bond acceptors (Lipinski definition) is 4. The minimum Gasteiger partial charge on any atom is -0.465 e. The monoisotopic (exact) mass is 241 g/mol. The first-order valence-corrected chi connectivity index (χ1v) is 6.37. The topological polar surface area (TPSA) is 38.3 Å². The molecule has 0 saturated heterocycles. The first-order chi connectivity index (χ1) is 7.61. The molecule has 1 N–H and O–H groups in total. The second kappa shape index (κ2) is 6.66. The van der Waals surface area contributed by atoms with E-state index in [-0.39, 0.29) is 5.97 Å². The molecule has 0 aromatic carbocycles. The summed E-state index contributed by atoms with van der Waals surface area (Å²) >= 11 is 1.80. The Hall–Kier alpha value is -0.870. The van der Waals surface area contributed by atoms with E-state index in [1.165, 1.54) is 9.75 Å². The maximum absolute atomic E-state index is 11.1. The normalized spacial score (nSPS) is 12.4. The van der Waals surface area contributed by atoms with E-state index in [0.29, 0.717) is 19.2 Å². The molecule has 1 aromatic heterocycles. The van der Waals surface area contributed by atoms with Crippen molar-refractivity contribution in [2.24, 2.45) is 0 Å². The van der Waals surface area contributed by atoms with Gasteiger partial charge in [0.1, 0.15) is 0 Å². The van der Waals surface area contributed by atoms with Gasteiger partial charge in [-0.3, -0.25) is 4.79 Å². The predicted molar refractivity (Wildman–Crippen MR) is 66.9 cm³/mol. The largest absolute Gasteiger partial charge is 0.465 e. The van der Waals surface area contributed by atoms with E-state index in [9.17, 15) is 4.79 Å². The van der Waals surface area contributed by atoms with Crippen molar-refractivity contribution in [1.82, 2.24) is 5.32 Å². The number of rotatable bonds is 6. The minimum absolute atomic E-state index is 0.184. The highest BCUT2D eigenvalue weighted by atomic mass is 32.1. The van der Waals surface area contributed by atoms with Gasteiger partial charge in [-0.2, -0.15) is 0 Å². The van der Waals surface area contributed by atoms with Gasteiger partial charge >= 0.3 is 5.97 Å². The summed E-state index contributed by atoms with van der Waals surface area (Å²) in [6, 6.07) is 4.56. The summed E-state index contributed by atoms with van der Waals surface area (Å²) in [5.74, 6) is -0.184. The third kappa shape index (κ3) is 4.77. The first-order valence-electron chi connectivity index (χ1n) is 5.56. The van der Waals surface area contributed by atoms with Crippen LogP contribution in [0.25, 0.3) is 0 Å². The molecule has 0 saturated carbocycles. The molecule has 16 heavy (non-hydrogen) atoms. The number of hydrogen-bond donors (Lipinski definition) is 1. The molecule has 0 aliphatic heterocycles. The Bertz CT molecular complexity index is 336. The highest BCUT2D eigenvalue weighted by Crippen LogP contribution is 2.16. The van der Waals surface area contributed by atoms with Crippen molar-refractivity contribution in [2.75, 3.05) is 13.2 Å². The molecule has 0 aliphatic carbocycles. The zero-order valence-corrected chi connectivity index (χ0v) is 10.9. The van der Waals surface area contributed by atoms with Gasteiger partial charge in [-0.15, -0.1) is 11.3 Å². The van der Waals surface area contributed by atoms with Crippen LogP contribution in [0.4, 0.5) is 0 Å². The summed E-state index contributed by atoms with van der Waals surface area (Å²) in [5.41, 5.74) is 0. The van der Waals surface area contributed by atoms with Crippen molar-refractivity contribution in [3.05, 3.63) is 21.9 Å². The van der Waals surface area contributed by atoms with Crippen LogP contribution in [-0.4, -0.2) is 25.2 Å². The molecule has 1 atom stereocenters. The maximum atomic E-state index is 11.1. The Kier molecular flexibility index (Phi) is 5.49. The third-order valence-electron chi connectivity index (χ3n) is 2.20. The lowest BCUT2D eigenvalue weighted by atomic mass is 10.2. The fourth-order valence-electron chi connectivity index (χ4n) is 1.44. The van der Waals surface area contributed by atoms with Crippen molar-refractivity contribution < 1.29 is 9.53 Å². The van der Waals surface area contributed by atoms with Crippen LogP contribution in [0.3, 0.4) is 0 Å². The van der Waals surface area contributed by atoms with E-state index in [0.717, 1.165) is 6.42 Å². The number of carbonyl (C=O) groups is 1. The fraction of sp³-hybridized carbons (Fsp3) is 0.583. The van der Waals surface area contributed by atoms with E-state index in [2.05, 4.69) is 31.3 Å². The average Bonchev–Trinajstić information content (AvgIpc) is 2.61. The van der Waals surface area contributed by atoms with Crippen molar-refractivity contribution >= 4 is 17.3 Å². The quantitative estimate of drug-likeness (QED) is 0.775. The van der Waals surface area contributed by atoms with Gasteiger partial charge in [-0.05, 0) is 39.3 Å². The molecular formula is C12H19NO2S. The third-order valence-corrected chi connectivity index (χ3v) is 3.23. The van der Waals surface area contributed by atoms with Crippen LogP contribution < -0.4 is 5.32 Å². The molecule has 3 nitrogen and oxygen atoms in total. The molecule has 1 unspecified atom stereocenters. The van der Waals surface area contributed by atoms with Gasteiger partial charge < -0.3 is 10.1 Å². The van der Waals surface area contributed by atoms with Crippen LogP contribution >= 0.6 is 11.3 Å². The summed E-state index contributed by atoms with van der Waals surface area (Å²) in [6.45, 7) is 6.73. The highest BCUT2D eigenvalue weighted by Gasteiger charge is 2.07. The maximum Gasteiger partial charge on any atom is 0.319 e. The van der Waals surface area contributed by atoms with Crippen molar-refractivity contribution in [1.29, 1.82) is 0 Å². The molecule has 0 spiro atoms. The SMILES string of the molecule is CCOC(=O)CNC(C)Cc1ccc(C)s1. The van der Waals surface area contributed by atoms with E-state index in [1.54, 1.807) is 11.3 Å². The summed E-state index contributed by atoms with van der Waals surface area (Å²) in [6.07, 6.45) is 0.956.